The predicted molar refractivity (Wildman–Crippen MR) is 70.0 cm³/mol. The molecule has 0 saturated heterocycles. The average Bonchev–Trinajstić information content (AvgIpc) is 2.89. The van der Waals surface area contributed by atoms with Crippen molar-refractivity contribution in [1.29, 1.82) is 0 Å². The molecule has 0 saturated carbocycles. The number of aromatic carboxylic acids is 1. The van der Waals surface area contributed by atoms with Crippen molar-refractivity contribution in [3.05, 3.63) is 35.7 Å². The summed E-state index contributed by atoms with van der Waals surface area (Å²) in [7, 11) is 0. The van der Waals surface area contributed by atoms with E-state index < -0.39 is 5.97 Å². The second-order valence-electron chi connectivity index (χ2n) is 5.04. The molecule has 0 amide bonds. The minimum Gasteiger partial charge on any atom is -0.478 e. The fourth-order valence-corrected chi connectivity index (χ4v) is 1.53. The number of nitrogens with zero attached hydrogens (tertiary/aromatic N) is 2. The van der Waals surface area contributed by atoms with Gasteiger partial charge in [-0.25, -0.2) is 4.79 Å². The zero-order valence-corrected chi connectivity index (χ0v) is 11.2. The number of benzene rings is 1. The van der Waals surface area contributed by atoms with Crippen molar-refractivity contribution in [1.82, 2.24) is 10.1 Å². The summed E-state index contributed by atoms with van der Waals surface area (Å²) < 4.78 is 5.27. The number of hydrogen-bond acceptors (Lipinski definition) is 4. The van der Waals surface area contributed by atoms with Gasteiger partial charge in [0.05, 0.1) is 5.56 Å². The zero-order valence-electron chi connectivity index (χ0n) is 11.2. The SMILES string of the molecule is CCC(C)(C)c1nc(-c2ccc(C(=O)O)cc2)no1. The molecular weight excluding hydrogens is 244 g/mol. The molecule has 1 aromatic heterocycles. The average molecular weight is 260 g/mol. The van der Waals surface area contributed by atoms with Crippen LogP contribution in [-0.2, 0) is 5.41 Å². The molecule has 0 radical (unpaired) electrons. The molecular formula is C14H16N2O3. The van der Waals surface area contributed by atoms with Gasteiger partial charge in [0.1, 0.15) is 0 Å². The van der Waals surface area contributed by atoms with Crippen molar-refractivity contribution in [2.24, 2.45) is 0 Å². The molecule has 2 aromatic rings. The Labute approximate surface area is 111 Å². The van der Waals surface area contributed by atoms with Crippen LogP contribution in [0.1, 0.15) is 43.4 Å². The fourth-order valence-electron chi connectivity index (χ4n) is 1.53. The molecule has 0 aliphatic heterocycles. The first-order chi connectivity index (χ1) is 8.94. The highest BCUT2D eigenvalue weighted by Gasteiger charge is 2.25. The van der Waals surface area contributed by atoms with Gasteiger partial charge in [-0.1, -0.05) is 38.1 Å². The molecule has 2 rings (SSSR count). The standard InChI is InChI=1S/C14H16N2O3/c1-4-14(2,3)13-15-11(16-19-13)9-5-7-10(8-6-9)12(17)18/h5-8H,4H2,1-3H3,(H,17,18). The van der Waals surface area contributed by atoms with Crippen LogP contribution in [0.2, 0.25) is 0 Å². The van der Waals surface area contributed by atoms with Crippen LogP contribution in [0.15, 0.2) is 28.8 Å². The lowest BCUT2D eigenvalue weighted by atomic mass is 9.90. The second kappa shape index (κ2) is 4.84. The van der Waals surface area contributed by atoms with Gasteiger partial charge in [-0.15, -0.1) is 0 Å². The van der Waals surface area contributed by atoms with E-state index in [9.17, 15) is 4.79 Å². The molecule has 0 atom stereocenters. The van der Waals surface area contributed by atoms with Gasteiger partial charge < -0.3 is 9.63 Å². The Hall–Kier alpha value is -2.17. The third kappa shape index (κ3) is 2.65. The van der Waals surface area contributed by atoms with Gasteiger partial charge in [-0.3, -0.25) is 0 Å². The molecule has 1 heterocycles. The first-order valence-electron chi connectivity index (χ1n) is 6.12. The van der Waals surface area contributed by atoms with Crippen LogP contribution in [0.4, 0.5) is 0 Å². The molecule has 1 N–H and O–H groups in total. The molecule has 5 heteroatoms. The second-order valence-corrected chi connectivity index (χ2v) is 5.04. The van der Waals surface area contributed by atoms with E-state index in [0.29, 0.717) is 11.7 Å². The fraction of sp³-hybridized carbons (Fsp3) is 0.357. The summed E-state index contributed by atoms with van der Waals surface area (Å²) in [5, 5.41) is 12.8. The number of rotatable bonds is 4. The van der Waals surface area contributed by atoms with Crippen LogP contribution in [0.5, 0.6) is 0 Å². The Morgan fingerprint density at radius 2 is 1.95 bits per heavy atom. The molecule has 0 aliphatic carbocycles. The van der Waals surface area contributed by atoms with Crippen molar-refractivity contribution in [3.8, 4) is 11.4 Å². The minimum absolute atomic E-state index is 0.160. The summed E-state index contributed by atoms with van der Waals surface area (Å²) in [6.45, 7) is 6.14. The first-order valence-corrected chi connectivity index (χ1v) is 6.12. The van der Waals surface area contributed by atoms with Crippen LogP contribution >= 0.6 is 0 Å². The van der Waals surface area contributed by atoms with E-state index in [4.69, 9.17) is 9.63 Å². The summed E-state index contributed by atoms with van der Waals surface area (Å²) in [6.07, 6.45) is 0.895. The van der Waals surface area contributed by atoms with Gasteiger partial charge in [0, 0.05) is 11.0 Å². The monoisotopic (exact) mass is 260 g/mol. The van der Waals surface area contributed by atoms with Crippen LogP contribution in [0, 0.1) is 0 Å². The third-order valence-electron chi connectivity index (χ3n) is 3.28. The molecule has 0 spiro atoms. The summed E-state index contributed by atoms with van der Waals surface area (Å²) in [5.41, 5.74) is 0.819. The molecule has 1 aromatic carbocycles. The maximum Gasteiger partial charge on any atom is 0.335 e. The summed E-state index contributed by atoms with van der Waals surface area (Å²) in [6, 6.07) is 6.41. The highest BCUT2D eigenvalue weighted by Crippen LogP contribution is 2.27. The highest BCUT2D eigenvalue weighted by atomic mass is 16.5. The Balaban J connectivity index is 2.30. The van der Waals surface area contributed by atoms with E-state index in [2.05, 4.69) is 17.1 Å². The Morgan fingerprint density at radius 1 is 1.32 bits per heavy atom. The Morgan fingerprint density at radius 3 is 2.47 bits per heavy atom. The molecule has 19 heavy (non-hydrogen) atoms. The highest BCUT2D eigenvalue weighted by molar-refractivity contribution is 5.88. The van der Waals surface area contributed by atoms with Gasteiger partial charge >= 0.3 is 5.97 Å². The van der Waals surface area contributed by atoms with Crippen LogP contribution < -0.4 is 0 Å². The minimum atomic E-state index is -0.951. The smallest absolute Gasteiger partial charge is 0.335 e. The number of aromatic nitrogens is 2. The van der Waals surface area contributed by atoms with E-state index in [1.807, 2.05) is 13.8 Å². The normalized spacial score (nSPS) is 11.5. The van der Waals surface area contributed by atoms with Crippen molar-refractivity contribution in [2.75, 3.05) is 0 Å². The third-order valence-corrected chi connectivity index (χ3v) is 3.28. The van der Waals surface area contributed by atoms with Crippen molar-refractivity contribution >= 4 is 5.97 Å². The lowest BCUT2D eigenvalue weighted by Crippen LogP contribution is -2.15. The van der Waals surface area contributed by atoms with E-state index in [-0.39, 0.29) is 11.0 Å². The largest absolute Gasteiger partial charge is 0.478 e. The number of carbonyl (C=O) groups is 1. The van der Waals surface area contributed by atoms with Crippen LogP contribution in [-0.4, -0.2) is 21.2 Å². The number of carboxylic acid groups (broad SMARTS) is 1. The van der Waals surface area contributed by atoms with Crippen molar-refractivity contribution < 1.29 is 14.4 Å². The maximum absolute atomic E-state index is 10.8. The first kappa shape index (κ1) is 13.3. The lowest BCUT2D eigenvalue weighted by molar-refractivity contribution is 0.0697. The van der Waals surface area contributed by atoms with Gasteiger partial charge in [0.25, 0.3) is 0 Å². The Kier molecular flexibility index (Phi) is 3.38. The summed E-state index contributed by atoms with van der Waals surface area (Å²) in [4.78, 5) is 15.1. The van der Waals surface area contributed by atoms with Gasteiger partial charge in [-0.05, 0) is 18.6 Å². The van der Waals surface area contributed by atoms with E-state index >= 15 is 0 Å². The molecule has 0 unspecified atom stereocenters. The Bertz CT molecular complexity index is 585. The summed E-state index contributed by atoms with van der Waals surface area (Å²) >= 11 is 0. The quantitative estimate of drug-likeness (QED) is 0.913. The van der Waals surface area contributed by atoms with Crippen LogP contribution in [0.25, 0.3) is 11.4 Å². The number of hydrogen-bond donors (Lipinski definition) is 1. The van der Waals surface area contributed by atoms with Crippen molar-refractivity contribution in [2.45, 2.75) is 32.6 Å². The summed E-state index contributed by atoms with van der Waals surface area (Å²) in [5.74, 6) is 0.119. The molecule has 5 nitrogen and oxygen atoms in total. The van der Waals surface area contributed by atoms with Gasteiger partial charge in [0.2, 0.25) is 11.7 Å². The van der Waals surface area contributed by atoms with E-state index in [0.717, 1.165) is 12.0 Å². The number of carboxylic acids is 1. The van der Waals surface area contributed by atoms with E-state index in [1.165, 1.54) is 12.1 Å². The zero-order chi connectivity index (χ0) is 14.0. The predicted octanol–water partition coefficient (Wildman–Crippen LogP) is 3.12. The van der Waals surface area contributed by atoms with Crippen LogP contribution in [0.3, 0.4) is 0 Å². The lowest BCUT2D eigenvalue weighted by Gasteiger charge is -2.15. The van der Waals surface area contributed by atoms with Gasteiger partial charge in [-0.2, -0.15) is 4.98 Å². The van der Waals surface area contributed by atoms with E-state index in [1.54, 1.807) is 12.1 Å². The molecule has 0 bridgehead atoms. The molecule has 0 aliphatic rings. The topological polar surface area (TPSA) is 76.2 Å². The van der Waals surface area contributed by atoms with Crippen molar-refractivity contribution in [3.63, 3.8) is 0 Å². The molecule has 100 valence electrons. The van der Waals surface area contributed by atoms with Gasteiger partial charge in [0.15, 0.2) is 0 Å². The maximum atomic E-state index is 10.8. The molecule has 0 fully saturated rings.